The number of anilines is 1. The fourth-order valence-corrected chi connectivity index (χ4v) is 3.92. The van der Waals surface area contributed by atoms with Crippen molar-refractivity contribution in [3.8, 4) is 5.75 Å². The van der Waals surface area contributed by atoms with Gasteiger partial charge in [0.2, 0.25) is 11.8 Å². The quantitative estimate of drug-likeness (QED) is 0.332. The smallest absolute Gasteiger partial charge is 0.234 e. The van der Waals surface area contributed by atoms with Gasteiger partial charge in [-0.25, -0.2) is 0 Å². The molecule has 33 heavy (non-hydrogen) atoms. The molecule has 0 aliphatic carbocycles. The second kappa shape index (κ2) is 11.9. The maximum atomic E-state index is 12.5. The molecule has 2 N–H and O–H groups in total. The van der Waals surface area contributed by atoms with Gasteiger partial charge in [-0.15, -0.1) is 16.8 Å². The zero-order valence-electron chi connectivity index (χ0n) is 18.7. The topological polar surface area (TPSA) is 98.1 Å². The molecule has 2 amide bonds. The Bertz CT molecular complexity index is 1080. The van der Waals surface area contributed by atoms with Gasteiger partial charge in [-0.3, -0.25) is 9.59 Å². The normalized spacial score (nSPS) is 11.5. The van der Waals surface area contributed by atoms with Gasteiger partial charge in [0.1, 0.15) is 5.75 Å². The summed E-state index contributed by atoms with van der Waals surface area (Å²) < 4.78 is 7.00. The molecule has 2 aromatic carbocycles. The van der Waals surface area contributed by atoms with Crippen LogP contribution >= 0.6 is 11.8 Å². The minimum absolute atomic E-state index is 0.128. The van der Waals surface area contributed by atoms with E-state index < -0.39 is 0 Å². The van der Waals surface area contributed by atoms with E-state index in [0.29, 0.717) is 17.5 Å². The van der Waals surface area contributed by atoms with Crippen LogP contribution in [0.1, 0.15) is 24.4 Å². The third-order valence-corrected chi connectivity index (χ3v) is 5.70. The third-order valence-electron chi connectivity index (χ3n) is 4.74. The van der Waals surface area contributed by atoms with Crippen molar-refractivity contribution in [3.05, 3.63) is 78.6 Å². The summed E-state index contributed by atoms with van der Waals surface area (Å²) in [6, 6.07) is 16.3. The molecule has 0 bridgehead atoms. The predicted molar refractivity (Wildman–Crippen MR) is 129 cm³/mol. The first kappa shape index (κ1) is 24.1. The monoisotopic (exact) mass is 465 g/mol. The van der Waals surface area contributed by atoms with Gasteiger partial charge < -0.3 is 19.9 Å². The van der Waals surface area contributed by atoms with Crippen molar-refractivity contribution >= 4 is 29.3 Å². The second-order valence-corrected chi connectivity index (χ2v) is 8.20. The van der Waals surface area contributed by atoms with Crippen molar-refractivity contribution in [3.63, 3.8) is 0 Å². The highest BCUT2D eigenvalue weighted by Crippen LogP contribution is 2.21. The minimum atomic E-state index is -0.365. The van der Waals surface area contributed by atoms with Crippen molar-refractivity contribution in [2.45, 2.75) is 31.1 Å². The summed E-state index contributed by atoms with van der Waals surface area (Å²) in [6.45, 7) is 6.11. The molecule has 0 radical (unpaired) electrons. The largest absolute Gasteiger partial charge is 0.497 e. The minimum Gasteiger partial charge on any atom is -0.497 e. The summed E-state index contributed by atoms with van der Waals surface area (Å²) in [7, 11) is 1.60. The Hall–Kier alpha value is -3.59. The van der Waals surface area contributed by atoms with Gasteiger partial charge in [-0.05, 0) is 36.8 Å². The molecule has 1 heterocycles. The first-order chi connectivity index (χ1) is 16.0. The number of hydrogen-bond acceptors (Lipinski definition) is 6. The number of methoxy groups -OCH3 is 1. The Morgan fingerprint density at radius 1 is 1.12 bits per heavy atom. The standard InChI is InChI=1S/C24H27N5O3S/c1-4-14-29-23(17(2)25-21(30)15-18-10-12-20(32-3)13-11-18)27-28-24(29)33-16-22(31)26-19-8-6-5-7-9-19/h4-13,17H,1,14-16H2,2-3H3,(H,25,30)(H,26,31)/t17-/m0/s1. The Labute approximate surface area is 197 Å². The molecular weight excluding hydrogens is 438 g/mol. The first-order valence-electron chi connectivity index (χ1n) is 10.4. The number of amides is 2. The van der Waals surface area contributed by atoms with Crippen LogP contribution in [0.2, 0.25) is 0 Å². The molecular formula is C24H27N5O3S. The Morgan fingerprint density at radius 2 is 1.85 bits per heavy atom. The van der Waals surface area contributed by atoms with Gasteiger partial charge in [-0.2, -0.15) is 0 Å². The van der Waals surface area contributed by atoms with Crippen LogP contribution in [-0.4, -0.2) is 39.4 Å². The first-order valence-corrected chi connectivity index (χ1v) is 11.4. The molecule has 1 aromatic heterocycles. The number of carbonyl (C=O) groups excluding carboxylic acids is 2. The van der Waals surface area contributed by atoms with E-state index in [-0.39, 0.29) is 30.0 Å². The number of aromatic nitrogens is 3. The number of para-hydroxylation sites is 1. The van der Waals surface area contributed by atoms with Crippen LogP contribution in [0.3, 0.4) is 0 Å². The lowest BCUT2D eigenvalue weighted by molar-refractivity contribution is -0.121. The number of nitrogens with zero attached hydrogens (tertiary/aromatic N) is 3. The molecule has 0 fully saturated rings. The zero-order valence-corrected chi connectivity index (χ0v) is 19.5. The number of allylic oxidation sites excluding steroid dienone is 1. The molecule has 8 nitrogen and oxygen atoms in total. The van der Waals surface area contributed by atoms with Gasteiger partial charge >= 0.3 is 0 Å². The second-order valence-electron chi connectivity index (χ2n) is 7.26. The van der Waals surface area contributed by atoms with Gasteiger partial charge in [0.25, 0.3) is 0 Å². The van der Waals surface area contributed by atoms with Crippen molar-refractivity contribution in [1.29, 1.82) is 0 Å². The van der Waals surface area contributed by atoms with E-state index in [2.05, 4.69) is 27.4 Å². The fourth-order valence-electron chi connectivity index (χ4n) is 3.16. The van der Waals surface area contributed by atoms with Crippen LogP contribution in [0.25, 0.3) is 0 Å². The molecule has 172 valence electrons. The van der Waals surface area contributed by atoms with E-state index in [9.17, 15) is 9.59 Å². The molecule has 9 heteroatoms. The van der Waals surface area contributed by atoms with Gasteiger partial charge in [-0.1, -0.05) is 48.2 Å². The molecule has 3 rings (SSSR count). The van der Waals surface area contributed by atoms with Crippen molar-refractivity contribution < 1.29 is 14.3 Å². The van der Waals surface area contributed by atoms with Crippen LogP contribution in [0.4, 0.5) is 5.69 Å². The SMILES string of the molecule is C=CCn1c(SCC(=O)Nc2ccccc2)nnc1[C@H](C)NC(=O)Cc1ccc(OC)cc1. The van der Waals surface area contributed by atoms with E-state index >= 15 is 0 Å². The Balaban J connectivity index is 1.60. The highest BCUT2D eigenvalue weighted by Gasteiger charge is 2.20. The molecule has 0 unspecified atom stereocenters. The van der Waals surface area contributed by atoms with Gasteiger partial charge in [0, 0.05) is 12.2 Å². The lowest BCUT2D eigenvalue weighted by atomic mass is 10.1. The summed E-state index contributed by atoms with van der Waals surface area (Å²) in [5.74, 6) is 1.26. The van der Waals surface area contributed by atoms with Crippen LogP contribution < -0.4 is 15.4 Å². The average molecular weight is 466 g/mol. The number of hydrogen-bond donors (Lipinski definition) is 2. The van der Waals surface area contributed by atoms with E-state index in [0.717, 1.165) is 17.0 Å². The number of thioether (sulfide) groups is 1. The van der Waals surface area contributed by atoms with Crippen molar-refractivity contribution in [2.75, 3.05) is 18.2 Å². The van der Waals surface area contributed by atoms with Crippen molar-refractivity contribution in [1.82, 2.24) is 20.1 Å². The maximum Gasteiger partial charge on any atom is 0.234 e. The Morgan fingerprint density at radius 3 is 2.52 bits per heavy atom. The summed E-state index contributed by atoms with van der Waals surface area (Å²) in [5.41, 5.74) is 1.62. The Kier molecular flexibility index (Phi) is 8.65. The molecule has 1 atom stereocenters. The maximum absolute atomic E-state index is 12.5. The zero-order chi connectivity index (χ0) is 23.6. The fraction of sp³-hybridized carbons (Fsp3) is 0.250. The van der Waals surface area contributed by atoms with E-state index in [1.165, 1.54) is 11.8 Å². The van der Waals surface area contributed by atoms with Gasteiger partial charge in [0.15, 0.2) is 11.0 Å². The third kappa shape index (κ3) is 6.95. The molecule has 0 aliphatic heterocycles. The lowest BCUT2D eigenvalue weighted by Gasteiger charge is -2.15. The number of ether oxygens (including phenoxy) is 1. The van der Waals surface area contributed by atoms with E-state index in [4.69, 9.17) is 4.74 Å². The van der Waals surface area contributed by atoms with Crippen molar-refractivity contribution in [2.24, 2.45) is 0 Å². The lowest BCUT2D eigenvalue weighted by Crippen LogP contribution is -2.30. The predicted octanol–water partition coefficient (Wildman–Crippen LogP) is 3.62. The van der Waals surface area contributed by atoms with Crippen LogP contribution in [0.5, 0.6) is 5.75 Å². The summed E-state index contributed by atoms with van der Waals surface area (Å²) in [4.78, 5) is 24.8. The molecule has 0 spiro atoms. The molecule has 3 aromatic rings. The van der Waals surface area contributed by atoms with Crippen LogP contribution in [0.15, 0.2) is 72.4 Å². The van der Waals surface area contributed by atoms with Crippen LogP contribution in [0, 0.1) is 0 Å². The summed E-state index contributed by atoms with van der Waals surface area (Å²) >= 11 is 1.28. The summed E-state index contributed by atoms with van der Waals surface area (Å²) in [5, 5.41) is 14.9. The van der Waals surface area contributed by atoms with E-state index in [1.807, 2.05) is 66.1 Å². The highest BCUT2D eigenvalue weighted by molar-refractivity contribution is 7.99. The number of nitrogens with one attached hydrogen (secondary N) is 2. The van der Waals surface area contributed by atoms with Crippen LogP contribution in [-0.2, 0) is 22.6 Å². The number of rotatable bonds is 11. The van der Waals surface area contributed by atoms with Gasteiger partial charge in [0.05, 0.1) is 25.3 Å². The highest BCUT2D eigenvalue weighted by atomic mass is 32.2. The molecule has 0 saturated heterocycles. The summed E-state index contributed by atoms with van der Waals surface area (Å²) in [6.07, 6.45) is 1.97. The average Bonchev–Trinajstić information content (AvgIpc) is 3.22. The number of benzene rings is 2. The molecule has 0 aliphatic rings. The molecule has 0 saturated carbocycles. The number of carbonyl (C=O) groups is 2. The van der Waals surface area contributed by atoms with E-state index in [1.54, 1.807) is 13.2 Å².